The summed E-state index contributed by atoms with van der Waals surface area (Å²) in [6.45, 7) is 13.4. The fourth-order valence-electron chi connectivity index (χ4n) is 3.59. The largest absolute Gasteiger partial charge is 0.543 e. The highest BCUT2D eigenvalue weighted by atomic mass is 28.4. The molecule has 0 aliphatic carbocycles. The van der Waals surface area contributed by atoms with Crippen LogP contribution in [-0.2, 0) is 9.53 Å². The predicted octanol–water partition coefficient (Wildman–Crippen LogP) is 7.03. The monoisotopic (exact) mass is 436 g/mol. The van der Waals surface area contributed by atoms with Crippen LogP contribution in [-0.4, -0.2) is 29.7 Å². The molecular weight excluding hydrogens is 396 g/mol. The van der Waals surface area contributed by atoms with Crippen molar-refractivity contribution in [2.45, 2.75) is 84.2 Å². The lowest BCUT2D eigenvalue weighted by molar-refractivity contribution is -0.139. The van der Waals surface area contributed by atoms with E-state index in [-0.39, 0.29) is 12.4 Å². The smallest absolute Gasteiger partial charge is 0.309 e. The van der Waals surface area contributed by atoms with Crippen LogP contribution in [0, 0.1) is 0 Å². The molecule has 4 nitrogen and oxygen atoms in total. The molecule has 1 rings (SSSR count). The van der Waals surface area contributed by atoms with E-state index in [9.17, 15) is 4.79 Å². The standard InChI is InChI=1S/C23H40O4Si2/c1-8-28(9-2,10-3)26-21-17-18-22(27-29(11-4,12-5)13-6)20(19-21)15-14-16-23(24)25-7/h14-15,17-19H,8-13,16H2,1-7H3/b15-14+. The van der Waals surface area contributed by atoms with E-state index in [1.165, 1.54) is 7.11 Å². The number of esters is 1. The van der Waals surface area contributed by atoms with Crippen LogP contribution in [0.4, 0.5) is 0 Å². The number of hydrogen-bond acceptors (Lipinski definition) is 4. The average molecular weight is 437 g/mol. The lowest BCUT2D eigenvalue weighted by Crippen LogP contribution is -2.40. The highest BCUT2D eigenvalue weighted by molar-refractivity contribution is 6.74. The van der Waals surface area contributed by atoms with Gasteiger partial charge in [-0.25, -0.2) is 0 Å². The van der Waals surface area contributed by atoms with E-state index >= 15 is 0 Å². The maximum atomic E-state index is 11.5. The predicted molar refractivity (Wildman–Crippen MR) is 128 cm³/mol. The van der Waals surface area contributed by atoms with Gasteiger partial charge >= 0.3 is 5.97 Å². The summed E-state index contributed by atoms with van der Waals surface area (Å²) in [5.41, 5.74) is 0.977. The number of carbonyl (C=O) groups excluding carboxylic acids is 1. The Hall–Kier alpha value is -1.54. The minimum absolute atomic E-state index is 0.245. The Morgan fingerprint density at radius 2 is 1.38 bits per heavy atom. The average Bonchev–Trinajstić information content (AvgIpc) is 2.77. The van der Waals surface area contributed by atoms with Gasteiger partial charge in [-0.2, -0.15) is 0 Å². The van der Waals surface area contributed by atoms with Crippen molar-refractivity contribution < 1.29 is 18.4 Å². The molecule has 0 spiro atoms. The highest BCUT2D eigenvalue weighted by Crippen LogP contribution is 2.33. The SMILES string of the molecule is CC[Si](CC)(CC)Oc1ccc(O[Si](CC)(CC)CC)c(/C=C/CC(=O)OC)c1. The van der Waals surface area contributed by atoms with Crippen LogP contribution in [0.5, 0.6) is 11.5 Å². The molecule has 0 saturated carbocycles. The third-order valence-electron chi connectivity index (χ3n) is 6.32. The van der Waals surface area contributed by atoms with Gasteiger partial charge in [0.05, 0.1) is 13.5 Å². The molecule has 0 atom stereocenters. The van der Waals surface area contributed by atoms with Gasteiger partial charge in [-0.1, -0.05) is 53.7 Å². The molecule has 0 bridgehead atoms. The van der Waals surface area contributed by atoms with E-state index in [0.29, 0.717) is 0 Å². The first-order valence-electron chi connectivity index (χ1n) is 11.1. The third-order valence-corrected chi connectivity index (χ3v) is 15.4. The number of carbonyl (C=O) groups is 1. The van der Waals surface area contributed by atoms with Crippen LogP contribution in [0.3, 0.4) is 0 Å². The van der Waals surface area contributed by atoms with E-state index in [1.807, 2.05) is 12.2 Å². The summed E-state index contributed by atoms with van der Waals surface area (Å²) in [4.78, 5) is 11.5. The second kappa shape index (κ2) is 12.2. The van der Waals surface area contributed by atoms with Crippen molar-refractivity contribution in [3.63, 3.8) is 0 Å². The molecule has 0 aliphatic heterocycles. The zero-order valence-corrected chi connectivity index (χ0v) is 21.5. The summed E-state index contributed by atoms with van der Waals surface area (Å²) in [6.07, 6.45) is 4.05. The summed E-state index contributed by atoms with van der Waals surface area (Å²) >= 11 is 0. The molecule has 0 aromatic heterocycles. The Bertz CT molecular complexity index is 648. The fraction of sp³-hybridized carbons (Fsp3) is 0.609. The van der Waals surface area contributed by atoms with Gasteiger partial charge in [0, 0.05) is 5.56 Å². The first kappa shape index (κ1) is 25.5. The number of rotatable bonds is 13. The molecule has 0 N–H and O–H groups in total. The molecule has 0 radical (unpaired) electrons. The van der Waals surface area contributed by atoms with Crippen LogP contribution < -0.4 is 8.85 Å². The molecule has 0 amide bonds. The van der Waals surface area contributed by atoms with Gasteiger partial charge in [-0.15, -0.1) is 0 Å². The summed E-state index contributed by atoms with van der Waals surface area (Å²) in [5.74, 6) is 1.56. The van der Waals surface area contributed by atoms with E-state index in [0.717, 1.165) is 53.3 Å². The summed E-state index contributed by atoms with van der Waals surface area (Å²) in [5, 5.41) is 0. The second-order valence-corrected chi connectivity index (χ2v) is 17.0. The van der Waals surface area contributed by atoms with E-state index < -0.39 is 16.6 Å². The van der Waals surface area contributed by atoms with Crippen molar-refractivity contribution in [1.82, 2.24) is 0 Å². The zero-order chi connectivity index (χ0) is 21.9. The minimum atomic E-state index is -1.80. The lowest BCUT2D eigenvalue weighted by Gasteiger charge is -2.31. The number of benzene rings is 1. The fourth-order valence-corrected chi connectivity index (χ4v) is 8.74. The van der Waals surface area contributed by atoms with Crippen LogP contribution >= 0.6 is 0 Å². The molecule has 0 saturated heterocycles. The summed E-state index contributed by atoms with van der Waals surface area (Å²) < 4.78 is 18.0. The molecule has 6 heteroatoms. The van der Waals surface area contributed by atoms with Gasteiger partial charge in [0.25, 0.3) is 8.32 Å². The van der Waals surface area contributed by atoms with Gasteiger partial charge in [-0.05, 0) is 54.5 Å². The Morgan fingerprint density at radius 3 is 1.86 bits per heavy atom. The summed E-state index contributed by atoms with van der Waals surface area (Å²) in [6, 6.07) is 12.7. The van der Waals surface area contributed by atoms with Gasteiger partial charge in [0.2, 0.25) is 8.32 Å². The van der Waals surface area contributed by atoms with Crippen molar-refractivity contribution in [3.05, 3.63) is 29.8 Å². The van der Waals surface area contributed by atoms with Crippen molar-refractivity contribution in [2.75, 3.05) is 7.11 Å². The van der Waals surface area contributed by atoms with Crippen molar-refractivity contribution >= 4 is 28.7 Å². The maximum absolute atomic E-state index is 11.5. The van der Waals surface area contributed by atoms with Gasteiger partial charge < -0.3 is 13.6 Å². The van der Waals surface area contributed by atoms with Crippen LogP contribution in [0.15, 0.2) is 24.3 Å². The first-order chi connectivity index (χ1) is 13.9. The van der Waals surface area contributed by atoms with Crippen LogP contribution in [0.25, 0.3) is 6.08 Å². The number of methoxy groups -OCH3 is 1. The maximum Gasteiger partial charge on any atom is 0.309 e. The lowest BCUT2D eigenvalue weighted by atomic mass is 10.1. The molecule has 1 aromatic rings. The van der Waals surface area contributed by atoms with Crippen molar-refractivity contribution in [2.24, 2.45) is 0 Å². The molecule has 0 unspecified atom stereocenters. The molecular formula is C23H40O4Si2. The Balaban J connectivity index is 3.28. The third kappa shape index (κ3) is 7.03. The van der Waals surface area contributed by atoms with E-state index in [2.05, 4.69) is 59.7 Å². The van der Waals surface area contributed by atoms with Crippen molar-refractivity contribution in [3.8, 4) is 11.5 Å². The molecule has 164 valence electrons. The first-order valence-corrected chi connectivity index (χ1v) is 16.2. The van der Waals surface area contributed by atoms with Crippen LogP contribution in [0.1, 0.15) is 53.5 Å². The second-order valence-electron chi connectivity index (χ2n) is 7.57. The number of hydrogen-bond donors (Lipinski definition) is 0. The van der Waals surface area contributed by atoms with E-state index in [1.54, 1.807) is 0 Å². The van der Waals surface area contributed by atoms with Gasteiger partial charge in [0.1, 0.15) is 11.5 Å². The van der Waals surface area contributed by atoms with Crippen LogP contribution in [0.2, 0.25) is 36.3 Å². The Kier molecular flexibility index (Phi) is 10.8. The molecule has 0 aliphatic rings. The quantitative estimate of drug-likeness (QED) is 0.246. The van der Waals surface area contributed by atoms with Gasteiger partial charge in [0.15, 0.2) is 0 Å². The Morgan fingerprint density at radius 1 is 0.862 bits per heavy atom. The van der Waals surface area contributed by atoms with Gasteiger partial charge in [-0.3, -0.25) is 4.79 Å². The number of ether oxygens (including phenoxy) is 1. The molecule has 0 fully saturated rings. The zero-order valence-electron chi connectivity index (χ0n) is 19.5. The van der Waals surface area contributed by atoms with E-state index in [4.69, 9.17) is 13.6 Å². The Labute approximate surface area is 179 Å². The highest BCUT2D eigenvalue weighted by Gasteiger charge is 2.32. The van der Waals surface area contributed by atoms with Crippen molar-refractivity contribution in [1.29, 1.82) is 0 Å². The molecule has 0 heterocycles. The minimum Gasteiger partial charge on any atom is -0.543 e. The normalized spacial score (nSPS) is 12.2. The topological polar surface area (TPSA) is 44.8 Å². The molecule has 1 aromatic carbocycles. The molecule has 29 heavy (non-hydrogen) atoms. The summed E-state index contributed by atoms with van der Waals surface area (Å²) in [7, 11) is -2.14.